The maximum Gasteiger partial charge on any atom is 0.0962 e. The summed E-state index contributed by atoms with van der Waals surface area (Å²) in [4.78, 5) is 0. The molecule has 22 heavy (non-hydrogen) atoms. The second-order valence-electron chi connectivity index (χ2n) is 6.15. The van der Waals surface area contributed by atoms with Gasteiger partial charge in [-0.15, -0.1) is 0 Å². The molecule has 2 aromatic carbocycles. The summed E-state index contributed by atoms with van der Waals surface area (Å²) < 4.78 is 0. The van der Waals surface area contributed by atoms with Gasteiger partial charge in [0.15, 0.2) is 0 Å². The normalized spacial score (nSPS) is 26.7. The molecule has 0 N–H and O–H groups in total. The van der Waals surface area contributed by atoms with Crippen LogP contribution in [0.2, 0.25) is 0 Å². The molecular formula is C21H14O. The van der Waals surface area contributed by atoms with Crippen molar-refractivity contribution in [1.29, 1.82) is 0 Å². The predicted molar refractivity (Wildman–Crippen MR) is 87.5 cm³/mol. The van der Waals surface area contributed by atoms with Gasteiger partial charge in [0.05, 0.1) is 23.3 Å². The largest absolute Gasteiger partial charge is 0.872 e. The van der Waals surface area contributed by atoms with Gasteiger partial charge < -0.3 is 5.11 Å². The lowest BCUT2D eigenvalue weighted by Crippen LogP contribution is -2.05. The lowest BCUT2D eigenvalue weighted by Gasteiger charge is -2.15. The second kappa shape index (κ2) is 4.17. The van der Waals surface area contributed by atoms with E-state index in [-0.39, 0.29) is 5.76 Å². The van der Waals surface area contributed by atoms with E-state index in [2.05, 4.69) is 42.5 Å². The molecule has 0 amide bonds. The first kappa shape index (κ1) is 11.9. The molecule has 2 atom stereocenters. The molecule has 1 fully saturated rings. The molecule has 0 saturated heterocycles. The summed E-state index contributed by atoms with van der Waals surface area (Å²) in [6.45, 7) is 0. The molecule has 0 radical (unpaired) electrons. The van der Waals surface area contributed by atoms with E-state index < -0.39 is 0 Å². The van der Waals surface area contributed by atoms with E-state index in [0.29, 0.717) is 11.8 Å². The Balaban J connectivity index is 1.57. The molecule has 0 unspecified atom stereocenters. The van der Waals surface area contributed by atoms with Crippen LogP contribution in [-0.4, -0.2) is 0 Å². The highest BCUT2D eigenvalue weighted by Crippen LogP contribution is 2.62. The maximum absolute atomic E-state index is 12.8. The van der Waals surface area contributed by atoms with Gasteiger partial charge in [0.2, 0.25) is 0 Å². The van der Waals surface area contributed by atoms with E-state index >= 15 is 0 Å². The van der Waals surface area contributed by atoms with Gasteiger partial charge in [-0.05, 0) is 28.0 Å². The van der Waals surface area contributed by atoms with Gasteiger partial charge in [-0.1, -0.05) is 42.2 Å². The minimum Gasteiger partial charge on any atom is -0.872 e. The standard InChI is InChI=1S/C21H14O/c22-21(16-10-9-13-5-1-2-6-14(13)11-16)20-18-12-15-7-3-4-8-17(15)19(18)20/h1-12,18-19H/b21-20-/t18-,19+/m0/s1. The highest BCUT2D eigenvalue weighted by Gasteiger charge is 2.57. The summed E-state index contributed by atoms with van der Waals surface area (Å²) in [6.07, 6.45) is 10.7. The van der Waals surface area contributed by atoms with E-state index in [1.54, 1.807) is 0 Å². The van der Waals surface area contributed by atoms with Gasteiger partial charge in [-0.3, -0.25) is 0 Å². The zero-order valence-corrected chi connectivity index (χ0v) is 12.0. The van der Waals surface area contributed by atoms with Crippen LogP contribution >= 0.6 is 0 Å². The van der Waals surface area contributed by atoms with Crippen molar-refractivity contribution in [2.75, 3.05) is 0 Å². The van der Waals surface area contributed by atoms with E-state index in [9.17, 15) is 5.11 Å². The number of rotatable bonds is 1. The van der Waals surface area contributed by atoms with Gasteiger partial charge in [0, 0.05) is 30.4 Å². The first-order chi connectivity index (χ1) is 10.8. The van der Waals surface area contributed by atoms with Crippen LogP contribution in [0.25, 0.3) is 16.5 Å². The highest BCUT2D eigenvalue weighted by atomic mass is 16.3. The third-order valence-corrected chi connectivity index (χ3v) is 4.91. The molecule has 0 bridgehead atoms. The van der Waals surface area contributed by atoms with Crippen LogP contribution in [0.4, 0.5) is 0 Å². The SMILES string of the molecule is [O-]/C(=C1/[C@H]2C=C3C=CC=C[C+]3[C@@H]12)c1ccc2ccccc2c1. The molecule has 3 aliphatic rings. The Labute approximate surface area is 129 Å². The van der Waals surface area contributed by atoms with Crippen molar-refractivity contribution in [3.05, 3.63) is 95.5 Å². The molecule has 2 aromatic rings. The van der Waals surface area contributed by atoms with Crippen LogP contribution in [0, 0.1) is 17.8 Å². The van der Waals surface area contributed by atoms with Crippen molar-refractivity contribution < 1.29 is 5.11 Å². The summed E-state index contributed by atoms with van der Waals surface area (Å²) >= 11 is 0. The first-order valence-electron chi connectivity index (χ1n) is 7.67. The predicted octanol–water partition coefficient (Wildman–Crippen LogP) is 3.80. The number of hydrogen-bond acceptors (Lipinski definition) is 1. The van der Waals surface area contributed by atoms with Crippen LogP contribution in [0.3, 0.4) is 0 Å². The summed E-state index contributed by atoms with van der Waals surface area (Å²) in [5.74, 6) is 2.19. The third-order valence-electron chi connectivity index (χ3n) is 4.91. The molecule has 1 nitrogen and oxygen atoms in total. The van der Waals surface area contributed by atoms with Crippen LogP contribution in [0.5, 0.6) is 0 Å². The quantitative estimate of drug-likeness (QED) is 0.576. The van der Waals surface area contributed by atoms with E-state index in [4.69, 9.17) is 0 Å². The number of benzene rings is 2. The first-order valence-corrected chi connectivity index (χ1v) is 7.67. The van der Waals surface area contributed by atoms with E-state index in [1.807, 2.05) is 30.3 Å². The number of fused-ring (bicyclic) bond motifs is 4. The molecule has 0 aromatic heterocycles. The minimum atomic E-state index is 0.214. The Morgan fingerprint density at radius 2 is 1.86 bits per heavy atom. The van der Waals surface area contributed by atoms with Gasteiger partial charge in [-0.25, -0.2) is 0 Å². The fourth-order valence-corrected chi connectivity index (χ4v) is 3.76. The summed E-state index contributed by atoms with van der Waals surface area (Å²) in [6, 6.07) is 14.2. The molecule has 3 aliphatic carbocycles. The summed E-state index contributed by atoms with van der Waals surface area (Å²) in [5.41, 5.74) is 3.18. The fraction of sp³-hybridized carbons (Fsp3) is 0.0952. The fourth-order valence-electron chi connectivity index (χ4n) is 3.76. The Hall–Kier alpha value is -2.67. The Morgan fingerprint density at radius 1 is 1.00 bits per heavy atom. The molecule has 0 heterocycles. The average molecular weight is 282 g/mol. The Morgan fingerprint density at radius 3 is 2.77 bits per heavy atom. The smallest absolute Gasteiger partial charge is 0.0962 e. The highest BCUT2D eigenvalue weighted by molar-refractivity contribution is 5.86. The van der Waals surface area contributed by atoms with Crippen LogP contribution in [0.1, 0.15) is 5.56 Å². The molecule has 104 valence electrons. The van der Waals surface area contributed by atoms with Crippen molar-refractivity contribution in [2.45, 2.75) is 0 Å². The van der Waals surface area contributed by atoms with Gasteiger partial charge in [0.25, 0.3) is 0 Å². The molecular weight excluding hydrogens is 268 g/mol. The summed E-state index contributed by atoms with van der Waals surface area (Å²) in [7, 11) is 0. The van der Waals surface area contributed by atoms with E-state index in [0.717, 1.165) is 16.5 Å². The Kier molecular flexibility index (Phi) is 2.26. The number of allylic oxidation sites excluding steroid dienone is 7. The zero-order valence-electron chi connectivity index (χ0n) is 12.0. The maximum atomic E-state index is 12.8. The van der Waals surface area contributed by atoms with Crippen LogP contribution < -0.4 is 5.11 Å². The topological polar surface area (TPSA) is 23.1 Å². The van der Waals surface area contributed by atoms with Crippen molar-refractivity contribution >= 4 is 16.5 Å². The van der Waals surface area contributed by atoms with Crippen LogP contribution in [-0.2, 0) is 0 Å². The van der Waals surface area contributed by atoms with Crippen molar-refractivity contribution in [3.63, 3.8) is 0 Å². The van der Waals surface area contributed by atoms with Crippen molar-refractivity contribution in [3.8, 4) is 0 Å². The number of hydrogen-bond donors (Lipinski definition) is 0. The van der Waals surface area contributed by atoms with E-state index in [1.165, 1.54) is 16.9 Å². The van der Waals surface area contributed by atoms with Gasteiger partial charge >= 0.3 is 0 Å². The van der Waals surface area contributed by atoms with Crippen molar-refractivity contribution in [1.82, 2.24) is 0 Å². The monoisotopic (exact) mass is 282 g/mol. The average Bonchev–Trinajstić information content (AvgIpc) is 3.15. The lowest BCUT2D eigenvalue weighted by molar-refractivity contribution is -0.244. The molecule has 0 aliphatic heterocycles. The molecule has 5 rings (SSSR count). The minimum absolute atomic E-state index is 0.214. The van der Waals surface area contributed by atoms with Gasteiger partial charge in [0.1, 0.15) is 0 Å². The molecule has 1 heteroatoms. The van der Waals surface area contributed by atoms with Gasteiger partial charge in [-0.2, -0.15) is 0 Å². The van der Waals surface area contributed by atoms with Crippen molar-refractivity contribution in [2.24, 2.45) is 11.8 Å². The third kappa shape index (κ3) is 1.57. The summed E-state index contributed by atoms with van der Waals surface area (Å²) in [5, 5.41) is 15.1. The second-order valence-corrected chi connectivity index (χ2v) is 6.15. The Bertz CT molecular complexity index is 910. The van der Waals surface area contributed by atoms with Crippen LogP contribution in [0.15, 0.2) is 84.0 Å². The molecule has 1 saturated carbocycles. The lowest BCUT2D eigenvalue weighted by atomic mass is 9.92. The molecule has 0 spiro atoms. The zero-order chi connectivity index (χ0) is 14.7.